The Labute approximate surface area is 225 Å². The number of nitrogens with zero attached hydrogens (tertiary/aromatic N) is 3. The third-order valence-corrected chi connectivity index (χ3v) is 7.58. The molecule has 0 aliphatic rings. The zero-order valence-electron chi connectivity index (χ0n) is 22.9. The van der Waals surface area contributed by atoms with E-state index in [0.29, 0.717) is 5.56 Å². The summed E-state index contributed by atoms with van der Waals surface area (Å²) >= 11 is 6.40. The Bertz CT molecular complexity index is 1130. The quantitative estimate of drug-likeness (QED) is 0.218. The number of nitroso groups, excluding NO2 is 3. The first kappa shape index (κ1) is 30.6. The number of hydrogen-bond acceptors (Lipinski definition) is 7. The molecule has 0 spiro atoms. The molecular weight excluding hydrogens is 490 g/mol. The molecule has 0 amide bonds. The van der Waals surface area contributed by atoms with Crippen LogP contribution in [0.4, 0.5) is 17.1 Å². The van der Waals surface area contributed by atoms with Gasteiger partial charge in [-0.05, 0) is 107 Å². The Morgan fingerprint density at radius 3 is 1.49 bits per heavy atom. The van der Waals surface area contributed by atoms with Crippen LogP contribution >= 0.6 is 11.6 Å². The molecule has 0 fully saturated rings. The summed E-state index contributed by atoms with van der Waals surface area (Å²) in [6.07, 6.45) is 11.3. The van der Waals surface area contributed by atoms with Crippen molar-refractivity contribution in [2.75, 3.05) is 0 Å². The molecule has 1 N–H and O–H groups in total. The summed E-state index contributed by atoms with van der Waals surface area (Å²) in [5.74, 6) is -0.568. The van der Waals surface area contributed by atoms with Crippen molar-refractivity contribution in [1.82, 2.24) is 0 Å². The molecule has 2 aromatic carbocycles. The van der Waals surface area contributed by atoms with Gasteiger partial charge in [0.25, 0.3) is 0 Å². The molecule has 37 heavy (non-hydrogen) atoms. The number of phenols is 1. The van der Waals surface area contributed by atoms with Crippen molar-refractivity contribution in [3.63, 3.8) is 0 Å². The second-order valence-electron chi connectivity index (χ2n) is 9.69. The first-order chi connectivity index (χ1) is 17.9. The highest BCUT2D eigenvalue weighted by molar-refractivity contribution is 6.37. The summed E-state index contributed by atoms with van der Waals surface area (Å²) in [6, 6.07) is 0. The summed E-state index contributed by atoms with van der Waals surface area (Å²) in [6.45, 7) is 10.7. The van der Waals surface area contributed by atoms with Crippen molar-refractivity contribution >= 4 is 28.7 Å². The molecule has 202 valence electrons. The highest BCUT2D eigenvalue weighted by Crippen LogP contribution is 2.56. The van der Waals surface area contributed by atoms with Crippen LogP contribution < -0.4 is 0 Å². The normalized spacial score (nSPS) is 11.1. The van der Waals surface area contributed by atoms with Crippen LogP contribution in [0, 0.1) is 21.6 Å². The monoisotopic (exact) mass is 529 g/mol. The van der Waals surface area contributed by atoms with E-state index in [4.69, 9.17) is 11.6 Å². The van der Waals surface area contributed by atoms with Gasteiger partial charge in [-0.2, -0.15) is 0 Å². The highest BCUT2D eigenvalue weighted by Gasteiger charge is 2.31. The lowest BCUT2D eigenvalue weighted by Gasteiger charge is -2.27. The zero-order chi connectivity index (χ0) is 27.5. The second kappa shape index (κ2) is 14.9. The Hall–Kier alpha value is -2.67. The van der Waals surface area contributed by atoms with Gasteiger partial charge in [0.1, 0.15) is 10.7 Å². The summed E-state index contributed by atoms with van der Waals surface area (Å²) in [5, 5.41) is 19.7. The summed E-state index contributed by atoms with van der Waals surface area (Å²) in [5.41, 5.74) is 5.23. The summed E-state index contributed by atoms with van der Waals surface area (Å²) in [4.78, 5) is 35.3. The van der Waals surface area contributed by atoms with E-state index < -0.39 is 17.1 Å². The minimum Gasteiger partial charge on any atom is -0.505 e. The second-order valence-corrected chi connectivity index (χ2v) is 10.1. The van der Waals surface area contributed by atoms with Gasteiger partial charge in [-0.15, -0.1) is 14.7 Å². The predicted octanol–water partition coefficient (Wildman–Crippen LogP) is 10.6. The molecule has 0 unspecified atom stereocenters. The number of phenolic OH excluding ortho intramolecular Hbond substituents is 1. The number of aromatic hydroxyl groups is 1. The van der Waals surface area contributed by atoms with Crippen LogP contribution in [0.2, 0.25) is 5.02 Å². The third kappa shape index (κ3) is 6.43. The van der Waals surface area contributed by atoms with Crippen molar-refractivity contribution in [3.05, 3.63) is 47.6 Å². The molecule has 0 aliphatic heterocycles. The Kier molecular flexibility index (Phi) is 12.3. The average Bonchev–Trinajstić information content (AvgIpc) is 2.90. The molecule has 7 nitrogen and oxygen atoms in total. The maximum atomic E-state index is 12.1. The lowest BCUT2D eigenvalue weighted by Crippen LogP contribution is -2.11. The number of benzene rings is 2. The van der Waals surface area contributed by atoms with Gasteiger partial charge >= 0.3 is 0 Å². The van der Waals surface area contributed by atoms with Crippen LogP contribution in [0.25, 0.3) is 11.1 Å². The molecule has 2 aromatic rings. The Morgan fingerprint density at radius 2 is 1.03 bits per heavy atom. The van der Waals surface area contributed by atoms with Crippen LogP contribution in [-0.2, 0) is 25.7 Å². The molecule has 8 heteroatoms. The Morgan fingerprint density at radius 1 is 0.595 bits per heavy atom. The number of halogens is 1. The zero-order valence-corrected chi connectivity index (χ0v) is 23.6. The van der Waals surface area contributed by atoms with Crippen molar-refractivity contribution in [3.8, 4) is 16.9 Å². The van der Waals surface area contributed by atoms with Crippen LogP contribution in [-0.4, -0.2) is 5.11 Å². The molecule has 0 radical (unpaired) electrons. The fourth-order valence-corrected chi connectivity index (χ4v) is 5.47. The predicted molar refractivity (Wildman–Crippen MR) is 154 cm³/mol. The van der Waals surface area contributed by atoms with E-state index in [9.17, 15) is 19.8 Å². The van der Waals surface area contributed by atoms with Gasteiger partial charge in [-0.3, -0.25) is 0 Å². The van der Waals surface area contributed by atoms with E-state index in [1.54, 1.807) is 0 Å². The van der Waals surface area contributed by atoms with E-state index in [2.05, 4.69) is 50.1 Å². The van der Waals surface area contributed by atoms with Gasteiger partial charge in [0.05, 0.1) is 5.56 Å². The molecule has 0 aromatic heterocycles. The minimum absolute atomic E-state index is 0.0853. The van der Waals surface area contributed by atoms with Crippen LogP contribution in [0.1, 0.15) is 107 Å². The molecule has 2 rings (SSSR count). The van der Waals surface area contributed by atoms with Crippen molar-refractivity contribution in [2.45, 2.75) is 112 Å². The van der Waals surface area contributed by atoms with Gasteiger partial charge in [-0.1, -0.05) is 65.0 Å². The van der Waals surface area contributed by atoms with Gasteiger partial charge in [0.15, 0.2) is 17.1 Å². The molecule has 0 aliphatic carbocycles. The fourth-order valence-electron chi connectivity index (χ4n) is 5.22. The van der Waals surface area contributed by atoms with Crippen molar-refractivity contribution < 1.29 is 5.11 Å². The standard InChI is InChI=1S/C29H40ClN3O4/c1-6-10-14-19-18(5)20(15-11-7-2)23(22(17-13-9-4)21(19)16-12-8-3)24-26(31-35)25(30)27(32-36)28(33-37)29(24)34/h34H,6-17H2,1-5H3. The van der Waals surface area contributed by atoms with Crippen LogP contribution in [0.15, 0.2) is 15.5 Å². The van der Waals surface area contributed by atoms with E-state index in [0.717, 1.165) is 93.7 Å². The molecular formula is C29H40ClN3O4. The van der Waals surface area contributed by atoms with Crippen molar-refractivity contribution in [2.24, 2.45) is 15.5 Å². The summed E-state index contributed by atoms with van der Waals surface area (Å²) < 4.78 is 0. The molecule has 0 saturated heterocycles. The minimum atomic E-state index is -0.569. The molecule has 0 bridgehead atoms. The SMILES string of the molecule is CCCCc1c(C)c(CCCC)c(-c2c(O)c(N=O)c(N=O)c(Cl)c2N=O)c(CCCC)c1CCCC. The van der Waals surface area contributed by atoms with Gasteiger partial charge in [-0.25, -0.2) is 0 Å². The first-order valence-corrected chi connectivity index (χ1v) is 14.0. The number of unbranched alkanes of at least 4 members (excludes halogenated alkanes) is 4. The average molecular weight is 530 g/mol. The number of rotatable bonds is 16. The highest BCUT2D eigenvalue weighted by atomic mass is 35.5. The van der Waals surface area contributed by atoms with Crippen molar-refractivity contribution in [1.29, 1.82) is 0 Å². The lowest BCUT2D eigenvalue weighted by molar-refractivity contribution is 0.479. The van der Waals surface area contributed by atoms with E-state index >= 15 is 0 Å². The molecule has 0 saturated carbocycles. The fraction of sp³-hybridized carbons (Fsp3) is 0.586. The van der Waals surface area contributed by atoms with Gasteiger partial charge in [0, 0.05) is 0 Å². The summed E-state index contributed by atoms with van der Waals surface area (Å²) in [7, 11) is 0. The molecule has 0 atom stereocenters. The van der Waals surface area contributed by atoms with Crippen LogP contribution in [0.5, 0.6) is 5.75 Å². The van der Waals surface area contributed by atoms with E-state index in [1.165, 1.54) is 11.1 Å². The van der Waals surface area contributed by atoms with E-state index in [1.807, 2.05) is 0 Å². The number of hydrogen-bond donors (Lipinski definition) is 1. The largest absolute Gasteiger partial charge is 0.505 e. The topological polar surface area (TPSA) is 109 Å². The van der Waals surface area contributed by atoms with Gasteiger partial charge < -0.3 is 5.11 Å². The lowest BCUT2D eigenvalue weighted by atomic mass is 9.77. The third-order valence-electron chi connectivity index (χ3n) is 7.22. The molecule has 0 heterocycles. The maximum absolute atomic E-state index is 12.1. The van der Waals surface area contributed by atoms with Crippen LogP contribution in [0.3, 0.4) is 0 Å². The maximum Gasteiger partial charge on any atom is 0.181 e. The van der Waals surface area contributed by atoms with E-state index in [-0.39, 0.29) is 16.3 Å². The van der Waals surface area contributed by atoms with Gasteiger partial charge in [0.2, 0.25) is 0 Å². The Balaban J connectivity index is 3.21. The smallest absolute Gasteiger partial charge is 0.181 e. The first-order valence-electron chi connectivity index (χ1n) is 13.6.